The summed E-state index contributed by atoms with van der Waals surface area (Å²) < 4.78 is 0. The molecule has 0 aromatic rings. The molecule has 1 unspecified atom stereocenters. The molecule has 1 atom stereocenters. The van der Waals surface area contributed by atoms with Crippen molar-refractivity contribution in [2.24, 2.45) is 0 Å². The zero-order chi connectivity index (χ0) is 6.62. The maximum atomic E-state index is 10.8. The molecule has 0 fully saturated rings. The van der Waals surface area contributed by atoms with Crippen LogP contribution in [0.5, 0.6) is 0 Å². The molecule has 0 aliphatic rings. The Bertz CT molecular complexity index is 105. The molecule has 2 nitrogen and oxygen atoms in total. The van der Waals surface area contributed by atoms with Gasteiger partial charge in [-0.1, -0.05) is 13.3 Å². The van der Waals surface area contributed by atoms with E-state index in [-0.39, 0.29) is 0 Å². The van der Waals surface area contributed by atoms with Gasteiger partial charge in [-0.3, -0.25) is 4.80 Å². The van der Waals surface area contributed by atoms with Crippen LogP contribution in [0.2, 0.25) is 12.6 Å². The summed E-state index contributed by atoms with van der Waals surface area (Å²) in [5.74, 6) is 0. The lowest BCUT2D eigenvalue weighted by Gasteiger charge is -2.02. The quantitative estimate of drug-likeness (QED) is 0.519. The molecule has 0 aliphatic carbocycles. The van der Waals surface area contributed by atoms with Crippen molar-refractivity contribution in [3.63, 3.8) is 0 Å². The van der Waals surface area contributed by atoms with Crippen molar-refractivity contribution in [2.45, 2.75) is 25.9 Å². The van der Waals surface area contributed by atoms with E-state index in [1.165, 1.54) is 0 Å². The van der Waals surface area contributed by atoms with Crippen LogP contribution >= 0.6 is 0 Å². The second-order valence-electron chi connectivity index (χ2n) is 2.09. The van der Waals surface area contributed by atoms with E-state index in [1.54, 1.807) is 6.55 Å². The van der Waals surface area contributed by atoms with Gasteiger partial charge in [-0.15, -0.1) is 0 Å². The van der Waals surface area contributed by atoms with E-state index in [0.717, 1.165) is 6.42 Å². The summed E-state index contributed by atoms with van der Waals surface area (Å²) in [7, 11) is -2.62. The first-order valence-electron chi connectivity index (χ1n) is 2.74. The zero-order valence-electron chi connectivity index (χ0n) is 5.27. The standard InChI is InChI=1S/C5H10NOSi/c1-3-4-8(2,7)5-6/h3-4H2,1-2H3. The monoisotopic (exact) mass is 128 g/mol. The molecule has 0 aliphatic heterocycles. The van der Waals surface area contributed by atoms with E-state index >= 15 is 0 Å². The second-order valence-corrected chi connectivity index (χ2v) is 5.28. The molecular weight excluding hydrogens is 118 g/mol. The van der Waals surface area contributed by atoms with Crippen molar-refractivity contribution in [3.05, 3.63) is 0 Å². The lowest BCUT2D eigenvalue weighted by atomic mass is 10.6. The predicted octanol–water partition coefficient (Wildman–Crippen LogP) is 1.46. The molecule has 0 saturated carbocycles. The fraction of sp³-hybridized carbons (Fsp3) is 0.800. The molecule has 0 rings (SSSR count). The van der Waals surface area contributed by atoms with Crippen LogP contribution < -0.4 is 0 Å². The topological polar surface area (TPSA) is 43.7 Å². The maximum Gasteiger partial charge on any atom is 0.343 e. The Kier molecular flexibility index (Phi) is 2.73. The van der Waals surface area contributed by atoms with Gasteiger partial charge in [0.2, 0.25) is 0 Å². The highest BCUT2D eigenvalue weighted by Gasteiger charge is 2.25. The normalized spacial score (nSPS) is 16.8. The SMILES string of the molecule is CCC[Si](C)([O])C#N. The minimum absolute atomic E-state index is 0.587. The Morgan fingerprint density at radius 3 is 2.38 bits per heavy atom. The van der Waals surface area contributed by atoms with E-state index in [2.05, 4.69) is 0 Å². The van der Waals surface area contributed by atoms with Gasteiger partial charge in [-0.2, -0.15) is 0 Å². The minimum atomic E-state index is -2.62. The molecule has 45 valence electrons. The lowest BCUT2D eigenvalue weighted by molar-refractivity contribution is 0.434. The van der Waals surface area contributed by atoms with Gasteiger partial charge in [0.15, 0.2) is 0 Å². The van der Waals surface area contributed by atoms with Crippen molar-refractivity contribution in [2.75, 3.05) is 0 Å². The van der Waals surface area contributed by atoms with Crippen molar-refractivity contribution in [1.29, 1.82) is 5.26 Å². The Balaban J connectivity index is 3.59. The molecular formula is C5H10NOSi. The molecule has 0 spiro atoms. The number of nitriles is 1. The fourth-order valence-corrected chi connectivity index (χ4v) is 1.60. The van der Waals surface area contributed by atoms with Crippen molar-refractivity contribution in [1.82, 2.24) is 0 Å². The largest absolute Gasteiger partial charge is 0.343 e. The molecule has 0 amide bonds. The number of hydrogen-bond donors (Lipinski definition) is 0. The van der Waals surface area contributed by atoms with Gasteiger partial charge in [0.1, 0.15) is 0 Å². The van der Waals surface area contributed by atoms with Crippen LogP contribution in [0.1, 0.15) is 13.3 Å². The average Bonchev–Trinajstić information content (AvgIpc) is 1.67. The summed E-state index contributed by atoms with van der Waals surface area (Å²) >= 11 is 0. The Morgan fingerprint density at radius 2 is 2.25 bits per heavy atom. The molecule has 1 radical (unpaired) electrons. The van der Waals surface area contributed by atoms with E-state index < -0.39 is 8.32 Å². The highest BCUT2D eigenvalue weighted by molar-refractivity contribution is 6.78. The summed E-state index contributed by atoms with van der Waals surface area (Å²) in [5, 5.41) is 8.22. The van der Waals surface area contributed by atoms with Crippen LogP contribution in [0.15, 0.2) is 0 Å². The first-order valence-corrected chi connectivity index (χ1v) is 5.35. The van der Waals surface area contributed by atoms with E-state index in [0.29, 0.717) is 6.04 Å². The molecule has 0 N–H and O–H groups in total. The number of hydrogen-bond acceptors (Lipinski definition) is 1. The Hall–Kier alpha value is -0.333. The van der Waals surface area contributed by atoms with Crippen molar-refractivity contribution in [3.8, 4) is 5.69 Å². The summed E-state index contributed by atoms with van der Waals surface area (Å²) in [5.41, 5.74) is 1.83. The lowest BCUT2D eigenvalue weighted by Crippen LogP contribution is -2.24. The van der Waals surface area contributed by atoms with E-state index in [4.69, 9.17) is 5.26 Å². The van der Waals surface area contributed by atoms with E-state index in [1.807, 2.05) is 12.6 Å². The van der Waals surface area contributed by atoms with Crippen LogP contribution in [-0.4, -0.2) is 8.32 Å². The number of rotatable bonds is 2. The van der Waals surface area contributed by atoms with Gasteiger partial charge >= 0.3 is 8.32 Å². The van der Waals surface area contributed by atoms with Crippen molar-refractivity contribution < 1.29 is 4.80 Å². The first-order chi connectivity index (χ1) is 3.62. The summed E-state index contributed by atoms with van der Waals surface area (Å²) in [6, 6.07) is 0.587. The van der Waals surface area contributed by atoms with Crippen LogP contribution in [0.25, 0.3) is 0 Å². The van der Waals surface area contributed by atoms with Crippen molar-refractivity contribution >= 4 is 8.32 Å². The number of nitrogens with zero attached hydrogens (tertiary/aromatic N) is 1. The second kappa shape index (κ2) is 2.85. The van der Waals surface area contributed by atoms with Gasteiger partial charge in [0.25, 0.3) is 0 Å². The highest BCUT2D eigenvalue weighted by Crippen LogP contribution is 2.06. The predicted molar refractivity (Wildman–Crippen MR) is 33.0 cm³/mol. The smallest absolute Gasteiger partial charge is 0.278 e. The van der Waals surface area contributed by atoms with Crippen LogP contribution in [-0.2, 0) is 4.80 Å². The molecule has 8 heavy (non-hydrogen) atoms. The van der Waals surface area contributed by atoms with Gasteiger partial charge in [0.05, 0.1) is 5.69 Å². The third-order valence-electron chi connectivity index (χ3n) is 0.964. The molecule has 0 aromatic carbocycles. The average molecular weight is 128 g/mol. The maximum absolute atomic E-state index is 10.8. The highest BCUT2D eigenvalue weighted by atomic mass is 28.4. The summed E-state index contributed by atoms with van der Waals surface area (Å²) in [6.07, 6.45) is 0.847. The molecule has 0 bridgehead atoms. The summed E-state index contributed by atoms with van der Waals surface area (Å²) in [6.45, 7) is 3.48. The van der Waals surface area contributed by atoms with Gasteiger partial charge in [-0.25, -0.2) is 5.26 Å². The minimum Gasteiger partial charge on any atom is -0.278 e. The Morgan fingerprint density at radius 1 is 1.75 bits per heavy atom. The molecule has 0 saturated heterocycles. The molecule has 3 heteroatoms. The van der Waals surface area contributed by atoms with Crippen LogP contribution in [0.3, 0.4) is 0 Å². The van der Waals surface area contributed by atoms with Gasteiger partial charge < -0.3 is 0 Å². The fourth-order valence-electron chi connectivity index (χ4n) is 0.533. The molecule has 0 aromatic heterocycles. The van der Waals surface area contributed by atoms with Gasteiger partial charge in [-0.05, 0) is 12.6 Å². The molecule has 0 heterocycles. The summed E-state index contributed by atoms with van der Waals surface area (Å²) in [4.78, 5) is 10.8. The Labute approximate surface area is 50.9 Å². The third kappa shape index (κ3) is 2.78. The third-order valence-corrected chi connectivity index (χ3v) is 2.89. The van der Waals surface area contributed by atoms with Crippen LogP contribution in [0.4, 0.5) is 0 Å². The first kappa shape index (κ1) is 7.67. The van der Waals surface area contributed by atoms with Gasteiger partial charge in [0, 0.05) is 0 Å². The van der Waals surface area contributed by atoms with Crippen LogP contribution in [0, 0.1) is 11.0 Å². The van der Waals surface area contributed by atoms with E-state index in [9.17, 15) is 4.80 Å². The zero-order valence-corrected chi connectivity index (χ0v) is 6.27.